The Kier molecular flexibility index (Phi) is 17.8. The van der Waals surface area contributed by atoms with Crippen molar-refractivity contribution < 1.29 is 15.1 Å². The lowest BCUT2D eigenvalue weighted by atomic mass is 10.3. The summed E-state index contributed by atoms with van der Waals surface area (Å²) in [6.45, 7) is 0. The number of hydrogen-bond acceptors (Lipinski definition) is 3. The molecule has 0 aromatic carbocycles. The second-order valence-electron chi connectivity index (χ2n) is 4.78. The fourth-order valence-electron chi connectivity index (χ4n) is 1.56. The van der Waals surface area contributed by atoms with Crippen molar-refractivity contribution in [1.82, 2.24) is 0 Å². The normalized spacial score (nSPS) is 15.5. The quantitative estimate of drug-likeness (QED) is 0.582. The molecule has 0 spiro atoms. The van der Waals surface area contributed by atoms with Crippen LogP contribution in [-0.4, -0.2) is 22.4 Å². The van der Waals surface area contributed by atoms with E-state index in [2.05, 4.69) is 72.9 Å². The number of allylic oxidation sites excluding steroid dienone is 18. The summed E-state index contributed by atoms with van der Waals surface area (Å²) >= 11 is 0. The Balaban J connectivity index is 0.000000314. The zero-order chi connectivity index (χ0) is 18.4. The number of hydrogen-bond donors (Lipinski definition) is 3. The van der Waals surface area contributed by atoms with Crippen LogP contribution in [-0.2, 0) is 0 Å². The predicted octanol–water partition coefficient (Wildman–Crippen LogP) is 4.12. The zero-order valence-corrected chi connectivity index (χ0v) is 14.4. The van der Waals surface area contributed by atoms with Crippen molar-refractivity contribution in [2.45, 2.75) is 19.3 Å². The van der Waals surface area contributed by atoms with Crippen molar-refractivity contribution in [3.63, 3.8) is 0 Å². The van der Waals surface area contributed by atoms with Crippen molar-refractivity contribution in [2.24, 2.45) is 0 Å². The highest BCUT2D eigenvalue weighted by molar-refractivity contribution is 6.30. The molecular weight excluding hydrogens is 311 g/mol. The molecule has 0 aromatic rings. The van der Waals surface area contributed by atoms with Crippen LogP contribution in [0.25, 0.3) is 0 Å². The lowest BCUT2D eigenvalue weighted by Gasteiger charge is -1.69. The summed E-state index contributed by atoms with van der Waals surface area (Å²) in [5, 5.41) is 21.5. The van der Waals surface area contributed by atoms with Crippen LogP contribution in [0, 0.1) is 0 Å². The van der Waals surface area contributed by atoms with Crippen LogP contribution in [0.2, 0.25) is 0 Å². The van der Waals surface area contributed by atoms with Crippen LogP contribution in [0.15, 0.2) is 109 Å². The Bertz CT molecular complexity index is 439. The molecule has 0 bridgehead atoms. The van der Waals surface area contributed by atoms with E-state index in [-0.39, 0.29) is 0 Å². The molecule has 0 radical (unpaired) electrons. The molecule has 0 aliphatic heterocycles. The lowest BCUT2D eigenvalue weighted by molar-refractivity contribution is 0.278. The second-order valence-corrected chi connectivity index (χ2v) is 4.78. The highest BCUT2D eigenvalue weighted by Crippen LogP contribution is 1.93. The molecule has 3 aliphatic rings. The van der Waals surface area contributed by atoms with E-state index in [1.807, 2.05) is 36.5 Å². The third kappa shape index (κ3) is 24.0. The third-order valence-corrected chi connectivity index (χ3v) is 2.63. The van der Waals surface area contributed by atoms with Crippen molar-refractivity contribution >= 4 is 7.32 Å². The van der Waals surface area contributed by atoms with Gasteiger partial charge in [0.15, 0.2) is 0 Å². The zero-order valence-electron chi connectivity index (χ0n) is 14.4. The van der Waals surface area contributed by atoms with Gasteiger partial charge in [-0.2, -0.15) is 0 Å². The summed E-state index contributed by atoms with van der Waals surface area (Å²) in [5.41, 5.74) is 0. The maximum absolute atomic E-state index is 7.17. The van der Waals surface area contributed by atoms with Gasteiger partial charge in [-0.05, 0) is 19.3 Å². The Morgan fingerprint density at radius 2 is 0.520 bits per heavy atom. The minimum absolute atomic E-state index is 1.08. The molecular formula is C21H27BO3. The van der Waals surface area contributed by atoms with Gasteiger partial charge in [-0.1, -0.05) is 109 Å². The van der Waals surface area contributed by atoms with E-state index in [9.17, 15) is 0 Å². The first kappa shape index (κ1) is 22.6. The molecule has 0 aromatic heterocycles. The van der Waals surface area contributed by atoms with Gasteiger partial charge in [0.25, 0.3) is 0 Å². The largest absolute Gasteiger partial charge is 0.631 e. The summed E-state index contributed by atoms with van der Waals surface area (Å²) in [7, 11) is -2.17. The topological polar surface area (TPSA) is 60.7 Å². The SMILES string of the molecule is C1=CC=CCC=C1.C1=CC=CCC=C1.C1=CC=CCC=C1.OB(O)O. The molecule has 4 heteroatoms. The molecule has 0 heterocycles. The molecule has 3 aliphatic carbocycles. The van der Waals surface area contributed by atoms with Gasteiger partial charge in [-0.25, -0.2) is 0 Å². The van der Waals surface area contributed by atoms with E-state index < -0.39 is 7.32 Å². The third-order valence-electron chi connectivity index (χ3n) is 2.63. The van der Waals surface area contributed by atoms with Gasteiger partial charge in [0, 0.05) is 0 Å². The maximum Gasteiger partial charge on any atom is 0.631 e. The van der Waals surface area contributed by atoms with Crippen LogP contribution < -0.4 is 0 Å². The molecule has 0 fully saturated rings. The van der Waals surface area contributed by atoms with E-state index in [4.69, 9.17) is 15.1 Å². The Hall–Kier alpha value is -2.40. The van der Waals surface area contributed by atoms with E-state index in [0.29, 0.717) is 0 Å². The van der Waals surface area contributed by atoms with E-state index in [0.717, 1.165) is 19.3 Å². The predicted molar refractivity (Wildman–Crippen MR) is 109 cm³/mol. The van der Waals surface area contributed by atoms with Crippen LogP contribution in [0.1, 0.15) is 19.3 Å². The Morgan fingerprint density at radius 3 is 0.680 bits per heavy atom. The number of rotatable bonds is 0. The van der Waals surface area contributed by atoms with Crippen molar-refractivity contribution in [2.75, 3.05) is 0 Å². The summed E-state index contributed by atoms with van der Waals surface area (Å²) in [6, 6.07) is 0. The smallest absolute Gasteiger partial charge is 0.402 e. The van der Waals surface area contributed by atoms with Gasteiger partial charge in [-0.15, -0.1) is 0 Å². The lowest BCUT2D eigenvalue weighted by Crippen LogP contribution is -2.07. The first-order chi connectivity index (χ1) is 12.2. The monoisotopic (exact) mass is 338 g/mol. The van der Waals surface area contributed by atoms with Crippen molar-refractivity contribution in [3.05, 3.63) is 109 Å². The van der Waals surface area contributed by atoms with E-state index in [1.165, 1.54) is 0 Å². The summed E-state index contributed by atoms with van der Waals surface area (Å²) in [6.07, 6.45) is 40.5. The van der Waals surface area contributed by atoms with Crippen LogP contribution in [0.4, 0.5) is 0 Å². The molecule has 0 unspecified atom stereocenters. The second kappa shape index (κ2) is 19.7. The van der Waals surface area contributed by atoms with Gasteiger partial charge in [0.1, 0.15) is 0 Å². The average Bonchev–Trinajstić information content (AvgIpc) is 3.16. The first-order valence-corrected chi connectivity index (χ1v) is 8.22. The van der Waals surface area contributed by atoms with Crippen molar-refractivity contribution in [1.29, 1.82) is 0 Å². The molecule has 25 heavy (non-hydrogen) atoms. The van der Waals surface area contributed by atoms with Crippen LogP contribution in [0.5, 0.6) is 0 Å². The molecule has 3 rings (SSSR count). The van der Waals surface area contributed by atoms with Gasteiger partial charge in [0.2, 0.25) is 0 Å². The Labute approximate surface area is 151 Å². The molecule has 0 saturated carbocycles. The van der Waals surface area contributed by atoms with E-state index in [1.54, 1.807) is 0 Å². The summed E-state index contributed by atoms with van der Waals surface area (Å²) in [4.78, 5) is 0. The molecule has 0 atom stereocenters. The minimum Gasteiger partial charge on any atom is -0.402 e. The van der Waals surface area contributed by atoms with Gasteiger partial charge >= 0.3 is 7.32 Å². The standard InChI is InChI=1S/3C7H8.BH3O3/c3*1-2-4-6-7-5-3-1;2-1(3)4/h3*1-6H,7H2;2-4H. The first-order valence-electron chi connectivity index (χ1n) is 8.22. The Morgan fingerprint density at radius 1 is 0.360 bits per heavy atom. The fourth-order valence-corrected chi connectivity index (χ4v) is 1.56. The molecule has 0 saturated heterocycles. The molecule has 3 nitrogen and oxygen atoms in total. The van der Waals surface area contributed by atoms with Crippen molar-refractivity contribution in [3.8, 4) is 0 Å². The van der Waals surface area contributed by atoms with E-state index >= 15 is 0 Å². The summed E-state index contributed by atoms with van der Waals surface area (Å²) in [5.74, 6) is 0. The summed E-state index contributed by atoms with van der Waals surface area (Å²) < 4.78 is 0. The van der Waals surface area contributed by atoms with Crippen LogP contribution >= 0.6 is 0 Å². The molecule has 0 amide bonds. The highest BCUT2D eigenvalue weighted by atomic mass is 16.5. The fraction of sp³-hybridized carbons (Fsp3) is 0.143. The molecule has 132 valence electrons. The average molecular weight is 338 g/mol. The minimum atomic E-state index is -2.17. The maximum atomic E-state index is 7.17. The highest BCUT2D eigenvalue weighted by Gasteiger charge is 1.92. The van der Waals surface area contributed by atoms with Gasteiger partial charge in [-0.3, -0.25) is 0 Å². The van der Waals surface area contributed by atoms with Gasteiger partial charge in [0.05, 0.1) is 0 Å². The van der Waals surface area contributed by atoms with Gasteiger partial charge < -0.3 is 15.1 Å². The molecule has 3 N–H and O–H groups in total. The van der Waals surface area contributed by atoms with Crippen LogP contribution in [0.3, 0.4) is 0 Å².